The molecule has 182 valence electrons. The molecule has 0 spiro atoms. The summed E-state index contributed by atoms with van der Waals surface area (Å²) in [7, 11) is 0. The molecule has 0 fully saturated rings. The third-order valence-electron chi connectivity index (χ3n) is 5.58. The molecular formula is C24H19F5N4O2. The maximum absolute atomic E-state index is 14.9. The van der Waals surface area contributed by atoms with Crippen LogP contribution in [-0.2, 0) is 11.0 Å². The zero-order chi connectivity index (χ0) is 25.5. The van der Waals surface area contributed by atoms with E-state index in [9.17, 15) is 31.5 Å². The highest BCUT2D eigenvalue weighted by atomic mass is 19.4. The van der Waals surface area contributed by atoms with Crippen LogP contribution in [0.2, 0.25) is 0 Å². The number of amides is 2. The minimum Gasteiger partial charge on any atom is -0.366 e. The van der Waals surface area contributed by atoms with Crippen LogP contribution < -0.4 is 10.6 Å². The van der Waals surface area contributed by atoms with E-state index in [0.717, 1.165) is 22.6 Å². The van der Waals surface area contributed by atoms with Crippen molar-refractivity contribution in [2.45, 2.75) is 25.4 Å². The van der Waals surface area contributed by atoms with E-state index in [1.54, 1.807) is 6.92 Å². The van der Waals surface area contributed by atoms with Crippen LogP contribution in [0.5, 0.6) is 0 Å². The number of carbonyl (C=O) groups is 2. The molecule has 0 radical (unpaired) electrons. The van der Waals surface area contributed by atoms with Gasteiger partial charge in [0.25, 0.3) is 11.8 Å². The topological polar surface area (TPSA) is 81.2 Å². The zero-order valence-corrected chi connectivity index (χ0v) is 18.3. The number of fused-ring (bicyclic) bond motifs is 1. The molecule has 1 aromatic heterocycles. The number of benzene rings is 2. The Kier molecular flexibility index (Phi) is 5.95. The number of nitrogens with two attached hydrogens (primary N) is 1. The molecule has 2 amide bonds. The van der Waals surface area contributed by atoms with Gasteiger partial charge in [-0.15, -0.1) is 0 Å². The molecule has 0 atom stereocenters. The summed E-state index contributed by atoms with van der Waals surface area (Å²) in [6, 6.07) is 8.55. The quantitative estimate of drug-likeness (QED) is 0.425. The van der Waals surface area contributed by atoms with E-state index in [2.05, 4.69) is 5.10 Å². The van der Waals surface area contributed by atoms with Crippen molar-refractivity contribution in [2.75, 3.05) is 11.4 Å². The third kappa shape index (κ3) is 4.66. The van der Waals surface area contributed by atoms with Gasteiger partial charge in [-0.2, -0.15) is 18.3 Å². The lowest BCUT2D eigenvalue weighted by Crippen LogP contribution is -2.34. The van der Waals surface area contributed by atoms with E-state index in [4.69, 9.17) is 5.73 Å². The molecule has 0 unspecified atom stereocenters. The molecule has 0 bridgehead atoms. The molecule has 4 rings (SSSR count). The van der Waals surface area contributed by atoms with Gasteiger partial charge in [0.2, 0.25) is 5.91 Å². The second kappa shape index (κ2) is 8.64. The standard InChI is InChI=1S/C24H19F5N4O2/c1-14-12-31-33(13-14)15-6-7-17(19(10-15)24(27,28)29)22(35)32-9-8-23(25,26)18(11-21(30)34)16-4-2-3-5-20(16)32/h2-7,10-13H,8-9H2,1H3,(H2,30,34). The molecule has 0 saturated carbocycles. The third-order valence-corrected chi connectivity index (χ3v) is 5.58. The number of para-hydroxylation sites is 1. The first-order chi connectivity index (χ1) is 16.4. The fourth-order valence-electron chi connectivity index (χ4n) is 3.97. The first-order valence-corrected chi connectivity index (χ1v) is 10.4. The highest BCUT2D eigenvalue weighted by Gasteiger charge is 2.43. The molecule has 1 aliphatic rings. The SMILES string of the molecule is Cc1cnn(-c2ccc(C(=O)N3CCC(F)(F)C(=CC(N)=O)c4ccccc43)c(C(F)(F)F)c2)c1. The van der Waals surface area contributed by atoms with Crippen LogP contribution >= 0.6 is 0 Å². The minimum atomic E-state index is -4.91. The van der Waals surface area contributed by atoms with E-state index in [-0.39, 0.29) is 16.9 Å². The lowest BCUT2D eigenvalue weighted by Gasteiger charge is -2.24. The molecule has 2 aromatic carbocycles. The predicted octanol–water partition coefficient (Wildman–Crippen LogP) is 4.75. The van der Waals surface area contributed by atoms with E-state index in [1.165, 1.54) is 47.4 Å². The van der Waals surface area contributed by atoms with Gasteiger partial charge < -0.3 is 10.6 Å². The summed E-state index contributed by atoms with van der Waals surface area (Å²) < 4.78 is 73.1. The number of aromatic nitrogens is 2. The average molecular weight is 490 g/mol. The molecule has 0 saturated heterocycles. The van der Waals surface area contributed by atoms with Crippen molar-refractivity contribution in [3.63, 3.8) is 0 Å². The van der Waals surface area contributed by atoms with E-state index in [1.807, 2.05) is 0 Å². The fourth-order valence-corrected chi connectivity index (χ4v) is 3.97. The lowest BCUT2D eigenvalue weighted by molar-refractivity contribution is -0.137. The molecule has 0 aliphatic carbocycles. The summed E-state index contributed by atoms with van der Waals surface area (Å²) in [5, 5.41) is 3.99. The van der Waals surface area contributed by atoms with Gasteiger partial charge in [0.15, 0.2) is 0 Å². The Bertz CT molecular complexity index is 1340. The monoisotopic (exact) mass is 490 g/mol. The van der Waals surface area contributed by atoms with Gasteiger partial charge in [0.05, 0.1) is 28.7 Å². The Hall–Kier alpha value is -4.02. The number of carbonyl (C=O) groups excluding carboxylic acids is 2. The molecular weight excluding hydrogens is 471 g/mol. The molecule has 1 aliphatic heterocycles. The van der Waals surface area contributed by atoms with Crippen LogP contribution in [0.4, 0.5) is 27.6 Å². The van der Waals surface area contributed by atoms with Gasteiger partial charge in [-0.25, -0.2) is 13.5 Å². The smallest absolute Gasteiger partial charge is 0.366 e. The Morgan fingerprint density at radius 3 is 2.49 bits per heavy atom. The van der Waals surface area contributed by atoms with E-state index < -0.39 is 53.6 Å². The number of anilines is 1. The van der Waals surface area contributed by atoms with E-state index >= 15 is 0 Å². The number of hydrogen-bond donors (Lipinski definition) is 1. The van der Waals surface area contributed by atoms with Gasteiger partial charge in [-0.05, 0) is 36.8 Å². The Morgan fingerprint density at radius 1 is 1.14 bits per heavy atom. The minimum absolute atomic E-state index is 0.0536. The summed E-state index contributed by atoms with van der Waals surface area (Å²) in [4.78, 5) is 25.7. The van der Waals surface area contributed by atoms with E-state index in [0.29, 0.717) is 6.08 Å². The van der Waals surface area contributed by atoms with Crippen LogP contribution in [-0.4, -0.2) is 34.1 Å². The first-order valence-electron chi connectivity index (χ1n) is 10.4. The highest BCUT2D eigenvalue weighted by molar-refractivity contribution is 6.10. The van der Waals surface area contributed by atoms with Gasteiger partial charge >= 0.3 is 6.18 Å². The first kappa shape index (κ1) is 24.1. The Labute approximate surface area is 196 Å². The van der Waals surface area contributed by atoms with Crippen molar-refractivity contribution in [3.8, 4) is 5.69 Å². The van der Waals surface area contributed by atoms with Gasteiger partial charge in [-0.1, -0.05) is 18.2 Å². The number of allylic oxidation sites excluding steroid dienone is 1. The van der Waals surface area contributed by atoms with Crippen molar-refractivity contribution in [1.82, 2.24) is 9.78 Å². The van der Waals surface area contributed by atoms with Crippen LogP contribution in [0, 0.1) is 6.92 Å². The van der Waals surface area contributed by atoms with Crippen molar-refractivity contribution in [2.24, 2.45) is 5.73 Å². The number of hydrogen-bond acceptors (Lipinski definition) is 3. The van der Waals surface area contributed by atoms with Crippen LogP contribution in [0.25, 0.3) is 11.3 Å². The number of rotatable bonds is 3. The van der Waals surface area contributed by atoms with Crippen LogP contribution in [0.15, 0.2) is 60.9 Å². The van der Waals surface area contributed by atoms with Gasteiger partial charge in [0, 0.05) is 36.4 Å². The van der Waals surface area contributed by atoms with Crippen molar-refractivity contribution in [1.29, 1.82) is 0 Å². The zero-order valence-electron chi connectivity index (χ0n) is 18.3. The van der Waals surface area contributed by atoms with Crippen molar-refractivity contribution >= 4 is 23.1 Å². The fraction of sp³-hybridized carbons (Fsp3) is 0.208. The lowest BCUT2D eigenvalue weighted by atomic mass is 9.97. The summed E-state index contributed by atoms with van der Waals surface area (Å²) in [6.07, 6.45) is -2.25. The molecule has 3 aromatic rings. The maximum atomic E-state index is 14.9. The normalized spacial score (nSPS) is 16.6. The van der Waals surface area contributed by atoms with Gasteiger partial charge in [-0.3, -0.25) is 9.59 Å². The Morgan fingerprint density at radius 2 is 1.86 bits per heavy atom. The predicted molar refractivity (Wildman–Crippen MR) is 118 cm³/mol. The van der Waals surface area contributed by atoms with Gasteiger partial charge in [0.1, 0.15) is 0 Å². The van der Waals surface area contributed by atoms with Crippen LogP contribution in [0.1, 0.15) is 33.5 Å². The molecule has 6 nitrogen and oxygen atoms in total. The number of alkyl halides is 5. The van der Waals surface area contributed by atoms with Crippen LogP contribution in [0.3, 0.4) is 0 Å². The largest absolute Gasteiger partial charge is 0.417 e. The molecule has 35 heavy (non-hydrogen) atoms. The number of halogens is 5. The second-order valence-corrected chi connectivity index (χ2v) is 8.08. The summed E-state index contributed by atoms with van der Waals surface area (Å²) in [5.74, 6) is -5.77. The average Bonchev–Trinajstić information content (AvgIpc) is 3.18. The Balaban J connectivity index is 1.85. The number of aryl methyl sites for hydroxylation is 1. The van der Waals surface area contributed by atoms with Crippen molar-refractivity contribution in [3.05, 3.63) is 83.2 Å². The molecule has 2 N–H and O–H groups in total. The number of primary amides is 1. The second-order valence-electron chi connectivity index (χ2n) is 8.08. The summed E-state index contributed by atoms with van der Waals surface area (Å²) >= 11 is 0. The summed E-state index contributed by atoms with van der Waals surface area (Å²) in [6.45, 7) is 1.13. The maximum Gasteiger partial charge on any atom is 0.417 e. The molecule has 11 heteroatoms. The molecule has 2 heterocycles. The number of nitrogens with zero attached hydrogens (tertiary/aromatic N) is 3. The highest BCUT2D eigenvalue weighted by Crippen LogP contribution is 2.44. The summed E-state index contributed by atoms with van der Waals surface area (Å²) in [5.41, 5.74) is 3.06. The van der Waals surface area contributed by atoms with Crippen molar-refractivity contribution < 1.29 is 31.5 Å².